The molecule has 0 aliphatic heterocycles. The Morgan fingerprint density at radius 1 is 1.70 bits per heavy atom. The van der Waals surface area contributed by atoms with Crippen LogP contribution in [0.3, 0.4) is 0 Å². The van der Waals surface area contributed by atoms with Gasteiger partial charge in [-0.1, -0.05) is 0 Å². The van der Waals surface area contributed by atoms with Crippen molar-refractivity contribution in [2.24, 2.45) is 0 Å². The summed E-state index contributed by atoms with van der Waals surface area (Å²) < 4.78 is -0.681. The van der Waals surface area contributed by atoms with Gasteiger partial charge in [0.15, 0.2) is 0 Å². The molecular weight excluding hydrogens is 152 g/mol. The topological polar surface area (TPSA) is 57.5 Å². The van der Waals surface area contributed by atoms with Gasteiger partial charge in [-0.15, -0.1) is 11.8 Å². The number of aliphatic carboxylic acids is 1. The normalized spacial score (nSPS) is 38.8. The first kappa shape index (κ1) is 7.88. The fourth-order valence-corrected chi connectivity index (χ4v) is 2.02. The number of thioether (sulfide) groups is 1. The number of carboxylic acid groups (broad SMARTS) is 1. The van der Waals surface area contributed by atoms with E-state index < -0.39 is 16.8 Å². The molecule has 0 atom stereocenters. The van der Waals surface area contributed by atoms with Gasteiger partial charge in [0.05, 0.1) is 6.10 Å². The lowest BCUT2D eigenvalue weighted by molar-refractivity contribution is -0.145. The fraction of sp³-hybridized carbons (Fsp3) is 0.833. The van der Waals surface area contributed by atoms with Crippen molar-refractivity contribution >= 4 is 17.7 Å². The summed E-state index contributed by atoms with van der Waals surface area (Å²) in [6, 6.07) is 0. The highest BCUT2D eigenvalue weighted by atomic mass is 32.2. The highest BCUT2D eigenvalue weighted by molar-refractivity contribution is 8.00. The summed E-state index contributed by atoms with van der Waals surface area (Å²) in [5.74, 6) is -0.801. The fourth-order valence-electron chi connectivity index (χ4n) is 1.13. The SMILES string of the molecule is CSC1(C(=O)O)CC(O)C1. The van der Waals surface area contributed by atoms with Crippen LogP contribution in [0, 0.1) is 0 Å². The Kier molecular flexibility index (Phi) is 1.92. The Hall–Kier alpha value is -0.220. The maximum absolute atomic E-state index is 10.5. The minimum atomic E-state index is -0.801. The number of aliphatic hydroxyl groups is 1. The summed E-state index contributed by atoms with van der Waals surface area (Å²) in [6.07, 6.45) is 2.15. The molecule has 1 aliphatic rings. The van der Waals surface area contributed by atoms with E-state index in [1.54, 1.807) is 6.26 Å². The monoisotopic (exact) mass is 162 g/mol. The van der Waals surface area contributed by atoms with E-state index in [0.29, 0.717) is 12.8 Å². The van der Waals surface area contributed by atoms with Crippen LogP contribution in [0.25, 0.3) is 0 Å². The zero-order valence-corrected chi connectivity index (χ0v) is 6.52. The number of hydrogen-bond acceptors (Lipinski definition) is 3. The van der Waals surface area contributed by atoms with Gasteiger partial charge in [0.1, 0.15) is 4.75 Å². The molecule has 0 saturated heterocycles. The molecule has 0 radical (unpaired) electrons. The van der Waals surface area contributed by atoms with E-state index in [1.165, 1.54) is 11.8 Å². The molecule has 0 aromatic carbocycles. The number of carboxylic acids is 1. The van der Waals surface area contributed by atoms with E-state index in [1.807, 2.05) is 0 Å². The van der Waals surface area contributed by atoms with Crippen molar-refractivity contribution in [2.75, 3.05) is 6.26 Å². The van der Waals surface area contributed by atoms with Crippen molar-refractivity contribution < 1.29 is 15.0 Å². The second-order valence-electron chi connectivity index (χ2n) is 2.57. The number of hydrogen-bond donors (Lipinski definition) is 2. The molecule has 2 N–H and O–H groups in total. The molecule has 4 heteroatoms. The summed E-state index contributed by atoms with van der Waals surface area (Å²) in [5, 5.41) is 17.6. The van der Waals surface area contributed by atoms with Crippen molar-refractivity contribution in [3.63, 3.8) is 0 Å². The molecule has 1 aliphatic carbocycles. The van der Waals surface area contributed by atoms with Crippen LogP contribution in [0.2, 0.25) is 0 Å². The third-order valence-electron chi connectivity index (χ3n) is 1.91. The van der Waals surface area contributed by atoms with E-state index >= 15 is 0 Å². The third kappa shape index (κ3) is 1.01. The molecule has 0 spiro atoms. The Morgan fingerprint density at radius 3 is 2.30 bits per heavy atom. The van der Waals surface area contributed by atoms with Gasteiger partial charge in [0.2, 0.25) is 0 Å². The predicted octanol–water partition coefficient (Wildman–Crippen LogP) is 0.327. The van der Waals surface area contributed by atoms with Crippen molar-refractivity contribution in [3.05, 3.63) is 0 Å². The molecule has 10 heavy (non-hydrogen) atoms. The largest absolute Gasteiger partial charge is 0.480 e. The average Bonchev–Trinajstić information content (AvgIpc) is 1.79. The van der Waals surface area contributed by atoms with Gasteiger partial charge >= 0.3 is 5.97 Å². The van der Waals surface area contributed by atoms with E-state index in [0.717, 1.165) is 0 Å². The zero-order chi connectivity index (χ0) is 7.78. The second kappa shape index (κ2) is 2.43. The van der Waals surface area contributed by atoms with Gasteiger partial charge in [-0.05, 0) is 19.1 Å². The first-order valence-corrected chi connectivity index (χ1v) is 4.30. The Morgan fingerprint density at radius 2 is 2.20 bits per heavy atom. The molecule has 1 fully saturated rings. The summed E-state index contributed by atoms with van der Waals surface area (Å²) in [5.41, 5.74) is 0. The predicted molar refractivity (Wildman–Crippen MR) is 39.1 cm³/mol. The van der Waals surface area contributed by atoms with Gasteiger partial charge < -0.3 is 10.2 Å². The summed E-state index contributed by atoms with van der Waals surface area (Å²) in [7, 11) is 0. The molecule has 0 aromatic heterocycles. The first-order valence-electron chi connectivity index (χ1n) is 3.07. The smallest absolute Gasteiger partial charge is 0.319 e. The van der Waals surface area contributed by atoms with Crippen molar-refractivity contribution in [2.45, 2.75) is 23.7 Å². The van der Waals surface area contributed by atoms with Crippen LogP contribution in [0.4, 0.5) is 0 Å². The van der Waals surface area contributed by atoms with E-state index in [9.17, 15) is 4.79 Å². The van der Waals surface area contributed by atoms with Crippen LogP contribution in [-0.4, -0.2) is 33.3 Å². The van der Waals surface area contributed by atoms with E-state index in [-0.39, 0.29) is 0 Å². The zero-order valence-electron chi connectivity index (χ0n) is 5.70. The third-order valence-corrected chi connectivity index (χ3v) is 3.20. The number of rotatable bonds is 2. The molecule has 58 valence electrons. The summed E-state index contributed by atoms with van der Waals surface area (Å²) in [6.45, 7) is 0. The molecule has 0 unspecified atom stereocenters. The average molecular weight is 162 g/mol. The quantitative estimate of drug-likeness (QED) is 0.614. The molecule has 3 nitrogen and oxygen atoms in total. The van der Waals surface area contributed by atoms with E-state index in [2.05, 4.69) is 0 Å². The van der Waals surface area contributed by atoms with Gasteiger partial charge in [-0.2, -0.15) is 0 Å². The minimum Gasteiger partial charge on any atom is -0.480 e. The Bertz CT molecular complexity index is 151. The standard InChI is InChI=1S/C6H10O3S/c1-10-6(5(8)9)2-4(7)3-6/h4,7H,2-3H2,1H3,(H,8,9). The molecular formula is C6H10O3S. The number of aliphatic hydroxyl groups excluding tert-OH is 1. The lowest BCUT2D eigenvalue weighted by Crippen LogP contribution is -2.50. The Balaban J connectivity index is 2.56. The van der Waals surface area contributed by atoms with Crippen molar-refractivity contribution in [3.8, 4) is 0 Å². The summed E-state index contributed by atoms with van der Waals surface area (Å²) >= 11 is 1.31. The molecule has 0 bridgehead atoms. The molecule has 0 heterocycles. The van der Waals surface area contributed by atoms with Crippen LogP contribution < -0.4 is 0 Å². The molecule has 0 aromatic rings. The minimum absolute atomic E-state index is 0.392. The first-order chi connectivity index (χ1) is 4.60. The van der Waals surface area contributed by atoms with Crippen molar-refractivity contribution in [1.82, 2.24) is 0 Å². The van der Waals surface area contributed by atoms with Crippen LogP contribution in [0.5, 0.6) is 0 Å². The second-order valence-corrected chi connectivity index (χ2v) is 3.76. The van der Waals surface area contributed by atoms with Gasteiger partial charge in [0.25, 0.3) is 0 Å². The van der Waals surface area contributed by atoms with Gasteiger partial charge in [0, 0.05) is 0 Å². The van der Waals surface area contributed by atoms with Gasteiger partial charge in [-0.3, -0.25) is 4.79 Å². The van der Waals surface area contributed by atoms with Crippen molar-refractivity contribution in [1.29, 1.82) is 0 Å². The lowest BCUT2D eigenvalue weighted by atomic mass is 9.81. The maximum atomic E-state index is 10.5. The number of carbonyl (C=O) groups is 1. The highest BCUT2D eigenvalue weighted by Gasteiger charge is 2.49. The van der Waals surface area contributed by atoms with E-state index in [4.69, 9.17) is 10.2 Å². The molecule has 1 saturated carbocycles. The summed E-state index contributed by atoms with van der Waals surface area (Å²) in [4.78, 5) is 10.5. The highest BCUT2D eigenvalue weighted by Crippen LogP contribution is 2.42. The van der Waals surface area contributed by atoms with Gasteiger partial charge in [-0.25, -0.2) is 0 Å². The Labute approximate surface area is 63.4 Å². The lowest BCUT2D eigenvalue weighted by Gasteiger charge is -2.39. The maximum Gasteiger partial charge on any atom is 0.319 e. The van der Waals surface area contributed by atoms with Crippen LogP contribution in [-0.2, 0) is 4.79 Å². The molecule has 1 rings (SSSR count). The molecule has 0 amide bonds. The van der Waals surface area contributed by atoms with Crippen LogP contribution in [0.15, 0.2) is 0 Å². The van der Waals surface area contributed by atoms with Crippen LogP contribution in [0.1, 0.15) is 12.8 Å². The van der Waals surface area contributed by atoms with Crippen LogP contribution >= 0.6 is 11.8 Å².